The molecule has 8 heavy (non-hydrogen) atoms. The summed E-state index contributed by atoms with van der Waals surface area (Å²) in [6, 6.07) is 0. The van der Waals surface area contributed by atoms with Crippen LogP contribution in [-0.4, -0.2) is 25.4 Å². The third-order valence-electron chi connectivity index (χ3n) is 0.747. The number of esters is 1. The van der Waals surface area contributed by atoms with Crippen LogP contribution in [0.25, 0.3) is 0 Å². The van der Waals surface area contributed by atoms with Crippen LogP contribution in [-0.2, 0) is 9.53 Å². The van der Waals surface area contributed by atoms with E-state index < -0.39 is 0 Å². The van der Waals surface area contributed by atoms with Crippen LogP contribution >= 0.6 is 8.58 Å². The van der Waals surface area contributed by atoms with Gasteiger partial charge in [0.2, 0.25) is 0 Å². The van der Waals surface area contributed by atoms with Crippen LogP contribution in [0.5, 0.6) is 0 Å². The van der Waals surface area contributed by atoms with Crippen LogP contribution in [0.1, 0.15) is 6.92 Å². The molecule has 0 radical (unpaired) electrons. The van der Waals surface area contributed by atoms with E-state index in [1.807, 2.05) is 0 Å². The van der Waals surface area contributed by atoms with Crippen molar-refractivity contribution in [3.63, 3.8) is 0 Å². The van der Waals surface area contributed by atoms with Crippen LogP contribution in [0.4, 0.5) is 0 Å². The lowest BCUT2D eigenvalue weighted by molar-refractivity contribution is -0.137. The largest absolute Gasteiger partial charge is 0.469 e. The van der Waals surface area contributed by atoms with Crippen molar-refractivity contribution in [2.24, 2.45) is 0 Å². The minimum absolute atomic E-state index is 0.0924. The molecule has 0 aliphatic rings. The molecule has 2 nitrogen and oxygen atoms in total. The van der Waals surface area contributed by atoms with E-state index in [-0.39, 0.29) is 5.97 Å². The zero-order valence-corrected chi connectivity index (χ0v) is 6.23. The topological polar surface area (TPSA) is 26.3 Å². The maximum Gasteiger partial charge on any atom is 0.309 e. The molecule has 0 N–H and O–H groups in total. The molecule has 0 heterocycles. The number of carbonyl (C=O) groups is 1. The van der Waals surface area contributed by atoms with Gasteiger partial charge >= 0.3 is 5.97 Å². The van der Waals surface area contributed by atoms with E-state index in [4.69, 9.17) is 0 Å². The first kappa shape index (κ1) is 7.90. The smallest absolute Gasteiger partial charge is 0.309 e. The number of hydrogen-bond acceptors (Lipinski definition) is 2. The molecule has 1 unspecified atom stereocenters. The van der Waals surface area contributed by atoms with Crippen molar-refractivity contribution in [1.82, 2.24) is 0 Å². The van der Waals surface area contributed by atoms with Crippen molar-refractivity contribution >= 4 is 14.6 Å². The van der Waals surface area contributed by atoms with Crippen LogP contribution in [0, 0.1) is 0 Å². The van der Waals surface area contributed by atoms with E-state index in [0.29, 0.717) is 6.16 Å². The standard InChI is InChI=1S/C5H11O2P/c1-3-8-4-5(6)7-2/h8H,3-4H2,1-2H3. The van der Waals surface area contributed by atoms with Gasteiger partial charge in [0, 0.05) is 0 Å². The molecule has 0 aliphatic heterocycles. The summed E-state index contributed by atoms with van der Waals surface area (Å²) in [6.07, 6.45) is 1.67. The molecule has 0 aromatic carbocycles. The first-order chi connectivity index (χ1) is 3.81. The van der Waals surface area contributed by atoms with Gasteiger partial charge in [-0.2, -0.15) is 0 Å². The van der Waals surface area contributed by atoms with Gasteiger partial charge in [0.25, 0.3) is 0 Å². The average Bonchev–Trinajstić information content (AvgIpc) is 1.83. The molecule has 0 spiro atoms. The first-order valence-corrected chi connectivity index (χ1v) is 4.00. The molecule has 0 aliphatic carbocycles. The number of rotatable bonds is 3. The van der Waals surface area contributed by atoms with Gasteiger partial charge in [0.05, 0.1) is 13.3 Å². The molecule has 1 atom stereocenters. The molecule has 0 rings (SSSR count). The highest BCUT2D eigenvalue weighted by Crippen LogP contribution is 2.06. The van der Waals surface area contributed by atoms with Crippen LogP contribution in [0.3, 0.4) is 0 Å². The van der Waals surface area contributed by atoms with Gasteiger partial charge in [0.15, 0.2) is 0 Å². The molecule has 0 bridgehead atoms. The van der Waals surface area contributed by atoms with E-state index in [1.54, 1.807) is 0 Å². The van der Waals surface area contributed by atoms with E-state index in [9.17, 15) is 4.79 Å². The zero-order chi connectivity index (χ0) is 6.41. The van der Waals surface area contributed by atoms with E-state index in [2.05, 4.69) is 11.7 Å². The predicted octanol–water partition coefficient (Wildman–Crippen LogP) is 0.858. The number of methoxy groups -OCH3 is 1. The minimum atomic E-state index is -0.0924. The normalized spacial score (nSPS) is 10.2. The lowest BCUT2D eigenvalue weighted by Gasteiger charge is -1.94. The molecule has 3 heteroatoms. The Hall–Kier alpha value is -0.100. The molecule has 0 amide bonds. The Kier molecular flexibility index (Phi) is 4.98. The maximum absolute atomic E-state index is 10.4. The molecular formula is C5H11O2P. The Morgan fingerprint density at radius 3 is 2.75 bits per heavy atom. The summed E-state index contributed by atoms with van der Waals surface area (Å²) in [6.45, 7) is 2.06. The molecule has 0 aromatic heterocycles. The zero-order valence-electron chi connectivity index (χ0n) is 5.23. The van der Waals surface area contributed by atoms with Crippen LogP contribution < -0.4 is 0 Å². The molecule has 0 saturated heterocycles. The Balaban J connectivity index is 2.99. The van der Waals surface area contributed by atoms with Crippen molar-refractivity contribution < 1.29 is 9.53 Å². The monoisotopic (exact) mass is 134 g/mol. The highest BCUT2D eigenvalue weighted by atomic mass is 31.1. The van der Waals surface area contributed by atoms with E-state index in [0.717, 1.165) is 14.7 Å². The summed E-state index contributed by atoms with van der Waals surface area (Å²) in [7, 11) is 2.15. The minimum Gasteiger partial charge on any atom is -0.469 e. The molecule has 0 saturated carbocycles. The molecule has 0 aromatic rings. The van der Waals surface area contributed by atoms with Gasteiger partial charge in [-0.15, -0.1) is 8.58 Å². The van der Waals surface area contributed by atoms with Crippen LogP contribution in [0.15, 0.2) is 0 Å². The molecule has 48 valence electrons. The highest BCUT2D eigenvalue weighted by molar-refractivity contribution is 7.39. The second kappa shape index (κ2) is 5.04. The Bertz CT molecular complexity index is 72.8. The predicted molar refractivity (Wildman–Crippen MR) is 35.7 cm³/mol. The highest BCUT2D eigenvalue weighted by Gasteiger charge is 1.94. The molecule has 0 fully saturated rings. The lowest BCUT2D eigenvalue weighted by Crippen LogP contribution is -2.01. The lowest BCUT2D eigenvalue weighted by atomic mass is 10.8. The maximum atomic E-state index is 10.4. The first-order valence-electron chi connectivity index (χ1n) is 2.58. The quantitative estimate of drug-likeness (QED) is 0.422. The number of ether oxygens (including phenoxy) is 1. The van der Waals surface area contributed by atoms with Gasteiger partial charge in [0.1, 0.15) is 0 Å². The molecular weight excluding hydrogens is 123 g/mol. The average molecular weight is 134 g/mol. The summed E-state index contributed by atoms with van der Waals surface area (Å²) in [5.74, 6) is -0.0924. The number of carbonyl (C=O) groups excluding carboxylic acids is 1. The second-order valence-corrected chi connectivity index (χ2v) is 2.92. The van der Waals surface area contributed by atoms with Crippen molar-refractivity contribution in [2.75, 3.05) is 19.4 Å². The fourth-order valence-electron chi connectivity index (χ4n) is 0.299. The summed E-state index contributed by atoms with van der Waals surface area (Å²) in [5.41, 5.74) is 0. The summed E-state index contributed by atoms with van der Waals surface area (Å²) < 4.78 is 4.42. The van der Waals surface area contributed by atoms with Crippen molar-refractivity contribution in [3.8, 4) is 0 Å². The summed E-state index contributed by atoms with van der Waals surface area (Å²) >= 11 is 0. The van der Waals surface area contributed by atoms with Gasteiger partial charge < -0.3 is 4.74 Å². The summed E-state index contributed by atoms with van der Waals surface area (Å²) in [5, 5.41) is 0. The van der Waals surface area contributed by atoms with E-state index in [1.165, 1.54) is 7.11 Å². The van der Waals surface area contributed by atoms with Gasteiger partial charge in [-0.25, -0.2) is 0 Å². The Morgan fingerprint density at radius 1 is 1.75 bits per heavy atom. The van der Waals surface area contributed by atoms with Gasteiger partial charge in [-0.3, -0.25) is 4.79 Å². The third kappa shape index (κ3) is 4.07. The Labute approximate surface area is 51.4 Å². The van der Waals surface area contributed by atoms with Crippen molar-refractivity contribution in [3.05, 3.63) is 0 Å². The third-order valence-corrected chi connectivity index (χ3v) is 1.79. The number of hydrogen-bond donors (Lipinski definition) is 0. The fraction of sp³-hybridized carbons (Fsp3) is 0.800. The van der Waals surface area contributed by atoms with Crippen LogP contribution in [0.2, 0.25) is 0 Å². The fourth-order valence-corrected chi connectivity index (χ4v) is 0.898. The Morgan fingerprint density at radius 2 is 2.38 bits per heavy atom. The second-order valence-electron chi connectivity index (χ2n) is 1.36. The van der Waals surface area contributed by atoms with Gasteiger partial charge in [-0.05, 0) is 6.16 Å². The van der Waals surface area contributed by atoms with E-state index >= 15 is 0 Å². The van der Waals surface area contributed by atoms with Gasteiger partial charge in [-0.1, -0.05) is 6.92 Å². The van der Waals surface area contributed by atoms with Crippen molar-refractivity contribution in [1.29, 1.82) is 0 Å². The van der Waals surface area contributed by atoms with Crippen molar-refractivity contribution in [2.45, 2.75) is 6.92 Å². The summed E-state index contributed by atoms with van der Waals surface area (Å²) in [4.78, 5) is 10.4. The SMILES string of the molecule is CCPCC(=O)OC.